The van der Waals surface area contributed by atoms with E-state index in [-0.39, 0.29) is 10.8 Å². The lowest BCUT2D eigenvalue weighted by molar-refractivity contribution is -0.118. The standard InChI is InChI=1S/C24H25ClN2O3S2/c1-16(2)23(27-32(29,30)20-12-9-17(3)10-13-20)24(28)26-21-15-18(25)11-14-22(21)31-19-7-5-4-6-8-19/h4-16,23,27H,1-3H3,(H,26,28). The summed E-state index contributed by atoms with van der Waals surface area (Å²) >= 11 is 7.66. The smallest absolute Gasteiger partial charge is 0.242 e. The Bertz CT molecular complexity index is 1180. The van der Waals surface area contributed by atoms with Gasteiger partial charge in [0, 0.05) is 14.8 Å². The van der Waals surface area contributed by atoms with E-state index >= 15 is 0 Å². The van der Waals surface area contributed by atoms with Gasteiger partial charge in [0.1, 0.15) is 6.04 Å². The monoisotopic (exact) mass is 488 g/mol. The van der Waals surface area contributed by atoms with Crippen molar-refractivity contribution in [2.24, 2.45) is 5.92 Å². The highest BCUT2D eigenvalue weighted by atomic mass is 35.5. The van der Waals surface area contributed by atoms with Gasteiger partial charge < -0.3 is 5.32 Å². The van der Waals surface area contributed by atoms with E-state index in [1.54, 1.807) is 38.1 Å². The Morgan fingerprint density at radius 3 is 2.25 bits per heavy atom. The third kappa shape index (κ3) is 6.36. The van der Waals surface area contributed by atoms with E-state index in [1.165, 1.54) is 23.9 Å². The van der Waals surface area contributed by atoms with Crippen molar-refractivity contribution in [3.63, 3.8) is 0 Å². The minimum absolute atomic E-state index is 0.115. The van der Waals surface area contributed by atoms with Gasteiger partial charge in [-0.15, -0.1) is 0 Å². The van der Waals surface area contributed by atoms with Crippen LogP contribution in [-0.2, 0) is 14.8 Å². The first kappa shape index (κ1) is 24.3. The van der Waals surface area contributed by atoms with Crippen LogP contribution in [0.5, 0.6) is 0 Å². The molecule has 1 amide bonds. The molecular weight excluding hydrogens is 464 g/mol. The largest absolute Gasteiger partial charge is 0.324 e. The predicted octanol–water partition coefficient (Wildman–Crippen LogP) is 5.74. The zero-order valence-corrected chi connectivity index (χ0v) is 20.4. The Kier molecular flexibility index (Phi) is 8.00. The molecule has 3 rings (SSSR count). The van der Waals surface area contributed by atoms with Crippen molar-refractivity contribution in [2.75, 3.05) is 5.32 Å². The van der Waals surface area contributed by atoms with Crippen LogP contribution >= 0.6 is 23.4 Å². The fourth-order valence-corrected chi connectivity index (χ4v) is 5.38. The molecule has 0 fully saturated rings. The van der Waals surface area contributed by atoms with Crippen LogP contribution in [0.3, 0.4) is 0 Å². The Balaban J connectivity index is 1.83. The molecule has 0 spiro atoms. The number of carbonyl (C=O) groups excluding carboxylic acids is 1. The molecular formula is C24H25ClN2O3S2. The SMILES string of the molecule is Cc1ccc(S(=O)(=O)NC(C(=O)Nc2cc(Cl)ccc2Sc2ccccc2)C(C)C)cc1. The number of nitrogens with one attached hydrogen (secondary N) is 2. The van der Waals surface area contributed by atoms with E-state index in [2.05, 4.69) is 10.0 Å². The van der Waals surface area contributed by atoms with Crippen molar-refractivity contribution in [1.82, 2.24) is 4.72 Å². The molecule has 0 saturated heterocycles. The number of anilines is 1. The van der Waals surface area contributed by atoms with Gasteiger partial charge in [0.15, 0.2) is 0 Å². The quantitative estimate of drug-likeness (QED) is 0.424. The Morgan fingerprint density at radius 2 is 1.62 bits per heavy atom. The molecule has 168 valence electrons. The predicted molar refractivity (Wildman–Crippen MR) is 131 cm³/mol. The molecule has 32 heavy (non-hydrogen) atoms. The topological polar surface area (TPSA) is 75.3 Å². The average molecular weight is 489 g/mol. The summed E-state index contributed by atoms with van der Waals surface area (Å²) in [7, 11) is -3.87. The second-order valence-corrected chi connectivity index (χ2v) is 11.0. The van der Waals surface area contributed by atoms with Crippen LogP contribution in [0.4, 0.5) is 5.69 Å². The number of benzene rings is 3. The number of hydrogen-bond donors (Lipinski definition) is 2. The molecule has 2 N–H and O–H groups in total. The number of hydrogen-bond acceptors (Lipinski definition) is 4. The normalized spacial score (nSPS) is 12.5. The van der Waals surface area contributed by atoms with E-state index in [0.717, 1.165) is 15.4 Å². The number of rotatable bonds is 8. The fraction of sp³-hybridized carbons (Fsp3) is 0.208. The first-order valence-corrected chi connectivity index (χ1v) is 12.8. The number of aryl methyl sites for hydroxylation is 1. The summed E-state index contributed by atoms with van der Waals surface area (Å²) in [6, 6.07) is 20.5. The Morgan fingerprint density at radius 1 is 0.969 bits per heavy atom. The molecule has 0 aliphatic carbocycles. The molecule has 1 unspecified atom stereocenters. The summed E-state index contributed by atoms with van der Waals surface area (Å²) in [5.41, 5.74) is 1.48. The maximum atomic E-state index is 13.1. The highest BCUT2D eigenvalue weighted by Crippen LogP contribution is 2.35. The van der Waals surface area contributed by atoms with E-state index in [0.29, 0.717) is 10.7 Å². The van der Waals surface area contributed by atoms with Crippen molar-refractivity contribution in [3.05, 3.63) is 83.4 Å². The lowest BCUT2D eigenvalue weighted by atomic mass is 10.0. The van der Waals surface area contributed by atoms with Gasteiger partial charge in [-0.05, 0) is 55.3 Å². The molecule has 5 nitrogen and oxygen atoms in total. The number of sulfonamides is 1. The minimum Gasteiger partial charge on any atom is -0.324 e. The first-order chi connectivity index (χ1) is 15.2. The molecule has 0 aliphatic rings. The van der Waals surface area contributed by atoms with E-state index in [9.17, 15) is 13.2 Å². The van der Waals surface area contributed by atoms with Gasteiger partial charge >= 0.3 is 0 Å². The summed E-state index contributed by atoms with van der Waals surface area (Å²) in [5.74, 6) is -0.729. The minimum atomic E-state index is -3.87. The summed E-state index contributed by atoms with van der Waals surface area (Å²) in [5, 5.41) is 3.34. The highest BCUT2D eigenvalue weighted by molar-refractivity contribution is 7.99. The van der Waals surface area contributed by atoms with Crippen molar-refractivity contribution in [1.29, 1.82) is 0 Å². The molecule has 0 radical (unpaired) electrons. The summed E-state index contributed by atoms with van der Waals surface area (Å²) in [6.07, 6.45) is 0. The molecule has 0 aromatic heterocycles. The van der Waals surface area contributed by atoms with Gasteiger partial charge in [-0.1, -0.05) is 73.1 Å². The molecule has 0 saturated carbocycles. The summed E-state index contributed by atoms with van der Waals surface area (Å²) in [6.45, 7) is 5.46. The molecule has 0 heterocycles. The first-order valence-electron chi connectivity index (χ1n) is 10.1. The summed E-state index contributed by atoms with van der Waals surface area (Å²) < 4.78 is 28.3. The zero-order chi connectivity index (χ0) is 23.3. The third-order valence-electron chi connectivity index (χ3n) is 4.73. The van der Waals surface area contributed by atoms with Crippen molar-refractivity contribution >= 4 is 45.0 Å². The van der Waals surface area contributed by atoms with Gasteiger partial charge in [0.25, 0.3) is 0 Å². The van der Waals surface area contributed by atoms with Crippen LogP contribution in [0.25, 0.3) is 0 Å². The Labute approximate surface area is 198 Å². The third-order valence-corrected chi connectivity index (χ3v) is 7.51. The Hall–Kier alpha value is -2.32. The molecule has 0 bridgehead atoms. The average Bonchev–Trinajstić information content (AvgIpc) is 2.75. The lowest BCUT2D eigenvalue weighted by Crippen LogP contribution is -2.47. The molecule has 1 atom stereocenters. The fourth-order valence-electron chi connectivity index (χ4n) is 2.96. The zero-order valence-electron chi connectivity index (χ0n) is 18.0. The number of amides is 1. The maximum Gasteiger partial charge on any atom is 0.242 e. The van der Waals surface area contributed by atoms with Crippen LogP contribution in [0.2, 0.25) is 5.02 Å². The summed E-state index contributed by atoms with van der Waals surface area (Å²) in [4.78, 5) is 15.1. The second kappa shape index (κ2) is 10.5. The number of halogens is 1. The van der Waals surface area contributed by atoms with Crippen LogP contribution in [0, 0.1) is 12.8 Å². The second-order valence-electron chi connectivity index (χ2n) is 7.70. The van der Waals surface area contributed by atoms with Gasteiger partial charge in [0.2, 0.25) is 15.9 Å². The van der Waals surface area contributed by atoms with Crippen LogP contribution in [0.1, 0.15) is 19.4 Å². The highest BCUT2D eigenvalue weighted by Gasteiger charge is 2.29. The van der Waals surface area contributed by atoms with Gasteiger partial charge in [0.05, 0.1) is 10.6 Å². The van der Waals surface area contributed by atoms with E-state index in [4.69, 9.17) is 11.6 Å². The van der Waals surface area contributed by atoms with Crippen molar-refractivity contribution < 1.29 is 13.2 Å². The van der Waals surface area contributed by atoms with Crippen LogP contribution in [0.15, 0.2) is 87.5 Å². The van der Waals surface area contributed by atoms with Crippen LogP contribution < -0.4 is 10.0 Å². The molecule has 0 aliphatic heterocycles. The molecule has 3 aromatic carbocycles. The number of carbonyl (C=O) groups is 1. The maximum absolute atomic E-state index is 13.1. The van der Waals surface area contributed by atoms with Gasteiger partial charge in [-0.25, -0.2) is 8.42 Å². The van der Waals surface area contributed by atoms with Crippen LogP contribution in [-0.4, -0.2) is 20.4 Å². The van der Waals surface area contributed by atoms with Crippen molar-refractivity contribution in [2.45, 2.75) is 41.5 Å². The molecule has 3 aromatic rings. The van der Waals surface area contributed by atoms with Crippen molar-refractivity contribution in [3.8, 4) is 0 Å². The van der Waals surface area contributed by atoms with E-state index < -0.39 is 22.0 Å². The van der Waals surface area contributed by atoms with Gasteiger partial charge in [-0.2, -0.15) is 4.72 Å². The lowest BCUT2D eigenvalue weighted by Gasteiger charge is -2.22. The molecule has 8 heteroatoms. The van der Waals surface area contributed by atoms with Gasteiger partial charge in [-0.3, -0.25) is 4.79 Å². The van der Waals surface area contributed by atoms with E-state index in [1.807, 2.05) is 43.3 Å².